The minimum atomic E-state index is -0.351. The standard InChI is InChI=1S/C14H18N4O2/c1-3-7-15-13-5-4-12(9-14(13)18(19)20)10-17-8-6-11(2)16-17/h4-6,8-9,15H,3,7,10H2,1-2H3. The maximum atomic E-state index is 11.1. The topological polar surface area (TPSA) is 73.0 Å². The van der Waals surface area contributed by atoms with Crippen molar-refractivity contribution >= 4 is 11.4 Å². The second-order valence-corrected chi connectivity index (χ2v) is 4.69. The Kier molecular flexibility index (Phi) is 4.34. The van der Waals surface area contributed by atoms with Crippen LogP contribution in [0.25, 0.3) is 0 Å². The van der Waals surface area contributed by atoms with Crippen LogP contribution in [0.2, 0.25) is 0 Å². The Balaban J connectivity index is 2.22. The van der Waals surface area contributed by atoms with E-state index in [1.807, 2.05) is 32.2 Å². The van der Waals surface area contributed by atoms with E-state index in [0.29, 0.717) is 12.2 Å². The molecule has 1 heterocycles. The van der Waals surface area contributed by atoms with Crippen molar-refractivity contribution in [2.24, 2.45) is 0 Å². The van der Waals surface area contributed by atoms with Crippen LogP contribution in [0.5, 0.6) is 0 Å². The summed E-state index contributed by atoms with van der Waals surface area (Å²) in [6, 6.07) is 7.17. The number of anilines is 1. The van der Waals surface area contributed by atoms with Gasteiger partial charge in [-0.1, -0.05) is 13.0 Å². The summed E-state index contributed by atoms with van der Waals surface area (Å²) in [5.41, 5.74) is 2.47. The molecule has 1 aromatic heterocycles. The lowest BCUT2D eigenvalue weighted by Gasteiger charge is -2.08. The van der Waals surface area contributed by atoms with E-state index in [2.05, 4.69) is 10.4 Å². The molecule has 0 radical (unpaired) electrons. The van der Waals surface area contributed by atoms with E-state index >= 15 is 0 Å². The van der Waals surface area contributed by atoms with Crippen LogP contribution >= 0.6 is 0 Å². The van der Waals surface area contributed by atoms with Gasteiger partial charge in [0.05, 0.1) is 17.2 Å². The van der Waals surface area contributed by atoms with Gasteiger partial charge in [-0.15, -0.1) is 0 Å². The van der Waals surface area contributed by atoms with Crippen LogP contribution in [0, 0.1) is 17.0 Å². The highest BCUT2D eigenvalue weighted by molar-refractivity contribution is 5.62. The van der Waals surface area contributed by atoms with Gasteiger partial charge in [0.15, 0.2) is 0 Å². The minimum absolute atomic E-state index is 0.111. The molecule has 2 rings (SSSR count). The van der Waals surface area contributed by atoms with Gasteiger partial charge in [0.1, 0.15) is 5.69 Å². The van der Waals surface area contributed by atoms with E-state index < -0.39 is 0 Å². The van der Waals surface area contributed by atoms with Crippen LogP contribution < -0.4 is 5.32 Å². The molecule has 0 saturated heterocycles. The fourth-order valence-corrected chi connectivity index (χ4v) is 1.97. The smallest absolute Gasteiger partial charge is 0.292 e. The number of nitro benzene ring substituents is 1. The first-order chi connectivity index (χ1) is 9.60. The zero-order valence-corrected chi connectivity index (χ0v) is 11.7. The molecular formula is C14H18N4O2. The van der Waals surface area contributed by atoms with Gasteiger partial charge >= 0.3 is 0 Å². The van der Waals surface area contributed by atoms with Crippen LogP contribution in [0.4, 0.5) is 11.4 Å². The average molecular weight is 274 g/mol. The third kappa shape index (κ3) is 3.34. The first-order valence-electron chi connectivity index (χ1n) is 6.61. The summed E-state index contributed by atoms with van der Waals surface area (Å²) < 4.78 is 1.77. The summed E-state index contributed by atoms with van der Waals surface area (Å²) in [6.07, 6.45) is 2.79. The maximum absolute atomic E-state index is 11.1. The fourth-order valence-electron chi connectivity index (χ4n) is 1.97. The fraction of sp³-hybridized carbons (Fsp3) is 0.357. The van der Waals surface area contributed by atoms with E-state index in [9.17, 15) is 10.1 Å². The van der Waals surface area contributed by atoms with Gasteiger partial charge in [-0.05, 0) is 31.0 Å². The number of nitro groups is 1. The largest absolute Gasteiger partial charge is 0.380 e. The summed E-state index contributed by atoms with van der Waals surface area (Å²) in [5, 5.41) is 18.5. The molecule has 0 aliphatic heterocycles. The zero-order valence-electron chi connectivity index (χ0n) is 11.7. The van der Waals surface area contributed by atoms with Gasteiger partial charge in [0.2, 0.25) is 0 Å². The molecule has 6 heteroatoms. The van der Waals surface area contributed by atoms with E-state index in [1.165, 1.54) is 0 Å². The van der Waals surface area contributed by atoms with Crippen LogP contribution in [-0.2, 0) is 6.54 Å². The van der Waals surface area contributed by atoms with Crippen molar-refractivity contribution < 1.29 is 4.92 Å². The number of aromatic nitrogens is 2. The normalized spacial score (nSPS) is 10.5. The van der Waals surface area contributed by atoms with Crippen molar-refractivity contribution in [1.29, 1.82) is 0 Å². The average Bonchev–Trinajstić information content (AvgIpc) is 2.82. The van der Waals surface area contributed by atoms with Gasteiger partial charge in [-0.3, -0.25) is 14.8 Å². The van der Waals surface area contributed by atoms with Crippen molar-refractivity contribution in [3.63, 3.8) is 0 Å². The summed E-state index contributed by atoms with van der Waals surface area (Å²) in [6.45, 7) is 5.19. The molecule has 1 aromatic carbocycles. The molecule has 106 valence electrons. The Labute approximate surface area is 117 Å². The predicted molar refractivity (Wildman–Crippen MR) is 77.9 cm³/mol. The predicted octanol–water partition coefficient (Wildman–Crippen LogP) is 2.97. The number of rotatable bonds is 6. The maximum Gasteiger partial charge on any atom is 0.292 e. The molecular weight excluding hydrogens is 256 g/mol. The second kappa shape index (κ2) is 6.18. The van der Waals surface area contributed by atoms with E-state index in [0.717, 1.165) is 24.2 Å². The molecule has 0 aliphatic carbocycles. The van der Waals surface area contributed by atoms with Crippen molar-refractivity contribution in [3.8, 4) is 0 Å². The highest BCUT2D eigenvalue weighted by Gasteiger charge is 2.14. The van der Waals surface area contributed by atoms with Crippen molar-refractivity contribution in [2.45, 2.75) is 26.8 Å². The quantitative estimate of drug-likeness (QED) is 0.649. The van der Waals surface area contributed by atoms with Gasteiger partial charge in [0, 0.05) is 18.8 Å². The summed E-state index contributed by atoms with van der Waals surface area (Å²) in [4.78, 5) is 10.8. The number of aryl methyl sites for hydroxylation is 1. The number of hydrogen-bond acceptors (Lipinski definition) is 4. The van der Waals surface area contributed by atoms with Crippen LogP contribution in [-0.4, -0.2) is 21.2 Å². The third-order valence-electron chi connectivity index (χ3n) is 2.94. The lowest BCUT2D eigenvalue weighted by atomic mass is 10.1. The molecule has 0 saturated carbocycles. The Hall–Kier alpha value is -2.37. The molecule has 6 nitrogen and oxygen atoms in total. The first-order valence-corrected chi connectivity index (χ1v) is 6.61. The van der Waals surface area contributed by atoms with E-state index in [4.69, 9.17) is 0 Å². The van der Waals surface area contributed by atoms with Crippen LogP contribution in [0.15, 0.2) is 30.5 Å². The monoisotopic (exact) mass is 274 g/mol. The first kappa shape index (κ1) is 14.0. The van der Waals surface area contributed by atoms with Crippen LogP contribution in [0.3, 0.4) is 0 Å². The van der Waals surface area contributed by atoms with Crippen molar-refractivity contribution in [2.75, 3.05) is 11.9 Å². The molecule has 1 N–H and O–H groups in total. The van der Waals surface area contributed by atoms with Crippen molar-refractivity contribution in [1.82, 2.24) is 9.78 Å². The lowest BCUT2D eigenvalue weighted by Crippen LogP contribution is -2.05. The van der Waals surface area contributed by atoms with Crippen LogP contribution in [0.1, 0.15) is 24.6 Å². The molecule has 0 atom stereocenters. The molecule has 0 spiro atoms. The number of nitrogens with zero attached hydrogens (tertiary/aromatic N) is 3. The number of benzene rings is 1. The second-order valence-electron chi connectivity index (χ2n) is 4.69. The Morgan fingerprint density at radius 2 is 2.20 bits per heavy atom. The Bertz CT molecular complexity index is 607. The highest BCUT2D eigenvalue weighted by Crippen LogP contribution is 2.25. The summed E-state index contributed by atoms with van der Waals surface area (Å²) in [5.74, 6) is 0. The SMILES string of the molecule is CCCNc1ccc(Cn2ccc(C)n2)cc1[N+](=O)[O-]. The number of nitrogens with one attached hydrogen (secondary N) is 1. The Morgan fingerprint density at radius 1 is 1.40 bits per heavy atom. The van der Waals surface area contributed by atoms with Crippen molar-refractivity contribution in [3.05, 3.63) is 51.8 Å². The minimum Gasteiger partial charge on any atom is -0.380 e. The molecule has 0 amide bonds. The van der Waals surface area contributed by atoms with E-state index in [-0.39, 0.29) is 10.6 Å². The summed E-state index contributed by atoms with van der Waals surface area (Å²) in [7, 11) is 0. The third-order valence-corrected chi connectivity index (χ3v) is 2.94. The van der Waals surface area contributed by atoms with Gasteiger partial charge in [-0.2, -0.15) is 5.10 Å². The Morgan fingerprint density at radius 3 is 2.80 bits per heavy atom. The zero-order chi connectivity index (χ0) is 14.5. The molecule has 0 unspecified atom stereocenters. The molecule has 0 aliphatic rings. The molecule has 0 bridgehead atoms. The van der Waals surface area contributed by atoms with Gasteiger partial charge < -0.3 is 5.32 Å². The highest BCUT2D eigenvalue weighted by atomic mass is 16.6. The van der Waals surface area contributed by atoms with Gasteiger partial charge in [-0.25, -0.2) is 0 Å². The summed E-state index contributed by atoms with van der Waals surface area (Å²) >= 11 is 0. The van der Waals surface area contributed by atoms with E-state index in [1.54, 1.807) is 16.8 Å². The molecule has 2 aromatic rings. The molecule has 20 heavy (non-hydrogen) atoms. The number of hydrogen-bond donors (Lipinski definition) is 1. The van der Waals surface area contributed by atoms with Gasteiger partial charge in [0.25, 0.3) is 5.69 Å². The lowest BCUT2D eigenvalue weighted by molar-refractivity contribution is -0.384. The molecule has 0 fully saturated rings.